The molecule has 160 valence electrons. The van der Waals surface area contributed by atoms with Gasteiger partial charge in [-0.1, -0.05) is 12.1 Å². The van der Waals surface area contributed by atoms with Crippen LogP contribution in [-0.2, 0) is 0 Å². The van der Waals surface area contributed by atoms with Gasteiger partial charge in [-0.25, -0.2) is 15.0 Å². The molecule has 0 saturated carbocycles. The zero-order valence-corrected chi connectivity index (χ0v) is 18.0. The van der Waals surface area contributed by atoms with Gasteiger partial charge in [0.25, 0.3) is 5.91 Å². The lowest BCUT2D eigenvalue weighted by Crippen LogP contribution is -2.39. The van der Waals surface area contributed by atoms with Crippen LogP contribution in [0.5, 0.6) is 5.75 Å². The van der Waals surface area contributed by atoms with Crippen molar-refractivity contribution in [3.05, 3.63) is 60.2 Å². The van der Waals surface area contributed by atoms with Gasteiger partial charge >= 0.3 is 0 Å². The number of nitrogens with zero attached hydrogens (tertiary/aromatic N) is 6. The van der Waals surface area contributed by atoms with Crippen LogP contribution in [0.4, 0.5) is 5.82 Å². The van der Waals surface area contributed by atoms with Crippen molar-refractivity contribution in [2.75, 3.05) is 39.2 Å². The number of para-hydroxylation sites is 1. The Kier molecular flexibility index (Phi) is 6.06. The lowest BCUT2D eigenvalue weighted by molar-refractivity contribution is 0.0702. The Morgan fingerprint density at radius 3 is 2.77 bits per heavy atom. The van der Waals surface area contributed by atoms with Gasteiger partial charge in [-0.05, 0) is 25.0 Å². The smallest absolute Gasteiger partial charge is 0.257 e. The minimum absolute atomic E-state index is 0.0156. The third-order valence-electron chi connectivity index (χ3n) is 5.45. The molecule has 1 saturated heterocycles. The Hall–Kier alpha value is -3.55. The van der Waals surface area contributed by atoms with Crippen molar-refractivity contribution in [2.24, 2.45) is 0 Å². The molecule has 31 heavy (non-hydrogen) atoms. The first-order chi connectivity index (χ1) is 15.1. The van der Waals surface area contributed by atoms with Gasteiger partial charge in [-0.2, -0.15) is 0 Å². The van der Waals surface area contributed by atoms with Crippen LogP contribution in [-0.4, -0.2) is 65.0 Å². The van der Waals surface area contributed by atoms with Gasteiger partial charge in [0.2, 0.25) is 0 Å². The van der Waals surface area contributed by atoms with Crippen molar-refractivity contribution < 1.29 is 9.53 Å². The van der Waals surface area contributed by atoms with Gasteiger partial charge in [0.1, 0.15) is 17.3 Å². The second kappa shape index (κ2) is 9.07. The van der Waals surface area contributed by atoms with E-state index in [-0.39, 0.29) is 11.8 Å². The first kappa shape index (κ1) is 20.7. The summed E-state index contributed by atoms with van der Waals surface area (Å²) in [5.74, 6) is 2.04. The van der Waals surface area contributed by atoms with Crippen LogP contribution < -0.4 is 9.64 Å². The fourth-order valence-corrected chi connectivity index (χ4v) is 3.81. The molecule has 4 rings (SSSR count). The van der Waals surface area contributed by atoms with E-state index in [2.05, 4.69) is 15.0 Å². The average Bonchev–Trinajstić information content (AvgIpc) is 2.83. The molecule has 3 aromatic rings. The van der Waals surface area contributed by atoms with E-state index < -0.39 is 0 Å². The number of amides is 1. The standard InChI is InChI=1S/C23H26N6O2/c1-28(2)21-13-18(26-22(27-21)19-14-24-10-11-25-19)16-7-6-12-29(15-16)23(30)17-8-4-5-9-20(17)31-3/h4-5,8-11,13-14,16H,6-7,12,15H2,1-3H3/t16-/m0/s1. The first-order valence-corrected chi connectivity index (χ1v) is 10.3. The molecule has 0 radical (unpaired) electrons. The summed E-state index contributed by atoms with van der Waals surface area (Å²) < 4.78 is 5.39. The number of carbonyl (C=O) groups excluding carboxylic acids is 1. The number of methoxy groups -OCH3 is 1. The number of carbonyl (C=O) groups is 1. The summed E-state index contributed by atoms with van der Waals surface area (Å²) in [7, 11) is 5.48. The van der Waals surface area contributed by atoms with Gasteiger partial charge in [0.15, 0.2) is 5.82 Å². The first-order valence-electron chi connectivity index (χ1n) is 10.3. The molecule has 1 aliphatic heterocycles. The summed E-state index contributed by atoms with van der Waals surface area (Å²) in [6.07, 6.45) is 6.79. The molecule has 3 heterocycles. The number of hydrogen-bond acceptors (Lipinski definition) is 7. The number of benzene rings is 1. The van der Waals surface area contributed by atoms with Crippen LogP contribution in [0.25, 0.3) is 11.5 Å². The molecule has 0 unspecified atom stereocenters. The molecule has 8 heteroatoms. The number of ether oxygens (including phenoxy) is 1. The van der Waals surface area contributed by atoms with Crippen molar-refractivity contribution in [1.29, 1.82) is 0 Å². The highest BCUT2D eigenvalue weighted by molar-refractivity contribution is 5.97. The fraction of sp³-hybridized carbons (Fsp3) is 0.348. The van der Waals surface area contributed by atoms with Gasteiger partial charge in [0.05, 0.1) is 24.6 Å². The van der Waals surface area contributed by atoms with E-state index in [1.807, 2.05) is 54.2 Å². The second-order valence-electron chi connectivity index (χ2n) is 7.75. The maximum absolute atomic E-state index is 13.2. The highest BCUT2D eigenvalue weighted by Gasteiger charge is 2.28. The van der Waals surface area contributed by atoms with Crippen LogP contribution in [0.15, 0.2) is 48.9 Å². The number of piperidine rings is 1. The zero-order chi connectivity index (χ0) is 21.8. The largest absolute Gasteiger partial charge is 0.496 e. The zero-order valence-electron chi connectivity index (χ0n) is 18.0. The van der Waals surface area contributed by atoms with Crippen LogP contribution in [0.3, 0.4) is 0 Å². The van der Waals surface area contributed by atoms with E-state index in [1.165, 1.54) is 0 Å². The molecule has 1 fully saturated rings. The minimum Gasteiger partial charge on any atom is -0.496 e. The van der Waals surface area contributed by atoms with Crippen LogP contribution in [0.2, 0.25) is 0 Å². The average molecular weight is 419 g/mol. The normalized spacial score (nSPS) is 16.1. The molecular weight excluding hydrogens is 392 g/mol. The Labute approximate surface area is 181 Å². The van der Waals surface area contributed by atoms with Gasteiger partial charge in [-0.3, -0.25) is 9.78 Å². The summed E-state index contributed by atoms with van der Waals surface area (Å²) in [6, 6.07) is 9.35. The molecule has 2 aromatic heterocycles. The van der Waals surface area contributed by atoms with Crippen molar-refractivity contribution in [3.63, 3.8) is 0 Å². The highest BCUT2D eigenvalue weighted by atomic mass is 16.5. The predicted octanol–water partition coefficient (Wildman–Crippen LogP) is 3.03. The number of rotatable bonds is 5. The molecule has 1 aliphatic rings. The molecule has 1 amide bonds. The second-order valence-corrected chi connectivity index (χ2v) is 7.75. The molecule has 0 aliphatic carbocycles. The number of anilines is 1. The highest BCUT2D eigenvalue weighted by Crippen LogP contribution is 2.30. The monoisotopic (exact) mass is 418 g/mol. The molecule has 0 spiro atoms. The number of likely N-dealkylation sites (tertiary alicyclic amines) is 1. The van der Waals surface area contributed by atoms with E-state index in [1.54, 1.807) is 25.7 Å². The van der Waals surface area contributed by atoms with Crippen molar-refractivity contribution >= 4 is 11.7 Å². The van der Waals surface area contributed by atoms with Crippen LogP contribution >= 0.6 is 0 Å². The van der Waals surface area contributed by atoms with Crippen LogP contribution in [0, 0.1) is 0 Å². The lowest BCUT2D eigenvalue weighted by Gasteiger charge is -2.33. The Balaban J connectivity index is 1.63. The van der Waals surface area contributed by atoms with Gasteiger partial charge < -0.3 is 14.5 Å². The summed E-state index contributed by atoms with van der Waals surface area (Å²) in [5.41, 5.74) is 2.13. The molecule has 0 N–H and O–H groups in total. The minimum atomic E-state index is -0.0156. The molecule has 0 bridgehead atoms. The number of hydrogen-bond donors (Lipinski definition) is 0. The maximum Gasteiger partial charge on any atom is 0.257 e. The van der Waals surface area contributed by atoms with E-state index in [4.69, 9.17) is 9.72 Å². The summed E-state index contributed by atoms with van der Waals surface area (Å²) in [5, 5.41) is 0. The third kappa shape index (κ3) is 4.47. The van der Waals surface area contributed by atoms with Crippen molar-refractivity contribution in [1.82, 2.24) is 24.8 Å². The third-order valence-corrected chi connectivity index (χ3v) is 5.45. The summed E-state index contributed by atoms with van der Waals surface area (Å²) in [4.78, 5) is 35.0. The summed E-state index contributed by atoms with van der Waals surface area (Å²) in [6.45, 7) is 1.32. The van der Waals surface area contributed by atoms with Crippen molar-refractivity contribution in [2.45, 2.75) is 18.8 Å². The predicted molar refractivity (Wildman–Crippen MR) is 118 cm³/mol. The molecule has 1 atom stereocenters. The van der Waals surface area contributed by atoms with E-state index in [0.29, 0.717) is 29.4 Å². The quantitative estimate of drug-likeness (QED) is 0.630. The maximum atomic E-state index is 13.2. The number of aromatic nitrogens is 4. The van der Waals surface area contributed by atoms with E-state index in [9.17, 15) is 4.79 Å². The van der Waals surface area contributed by atoms with Gasteiger partial charge in [-0.15, -0.1) is 0 Å². The molecule has 1 aromatic carbocycles. The van der Waals surface area contributed by atoms with E-state index in [0.717, 1.165) is 30.9 Å². The molecular formula is C23H26N6O2. The van der Waals surface area contributed by atoms with Crippen molar-refractivity contribution in [3.8, 4) is 17.3 Å². The van der Waals surface area contributed by atoms with Gasteiger partial charge in [0, 0.05) is 51.6 Å². The lowest BCUT2D eigenvalue weighted by atomic mass is 9.93. The SMILES string of the molecule is COc1ccccc1C(=O)N1CCC[C@H](c2cc(N(C)C)nc(-c3cnccn3)n2)C1. The van der Waals surface area contributed by atoms with E-state index >= 15 is 0 Å². The Bertz CT molecular complexity index is 1060. The topological polar surface area (TPSA) is 84.3 Å². The molecule has 8 nitrogen and oxygen atoms in total. The summed E-state index contributed by atoms with van der Waals surface area (Å²) >= 11 is 0. The fourth-order valence-electron chi connectivity index (χ4n) is 3.81. The Morgan fingerprint density at radius 1 is 1.19 bits per heavy atom. The van der Waals surface area contributed by atoms with Crippen LogP contribution in [0.1, 0.15) is 34.8 Å². The Morgan fingerprint density at radius 2 is 2.03 bits per heavy atom.